The Morgan fingerprint density at radius 2 is 1.95 bits per heavy atom. The molecule has 0 fully saturated rings. The predicted octanol–water partition coefficient (Wildman–Crippen LogP) is 1.66. The highest BCUT2D eigenvalue weighted by Crippen LogP contribution is 2.19. The second kappa shape index (κ2) is 5.54. The van der Waals surface area contributed by atoms with E-state index in [4.69, 9.17) is 0 Å². The Kier molecular flexibility index (Phi) is 4.15. The van der Waals surface area contributed by atoms with E-state index in [1.54, 1.807) is 0 Å². The fourth-order valence-electron chi connectivity index (χ4n) is 2.56. The third-order valence-corrected chi connectivity index (χ3v) is 4.40. The van der Waals surface area contributed by atoms with E-state index in [9.17, 15) is 8.42 Å². The highest BCUT2D eigenvalue weighted by Gasteiger charge is 2.18. The predicted molar refractivity (Wildman–Crippen MR) is 81.4 cm³/mol. The van der Waals surface area contributed by atoms with Gasteiger partial charge in [-0.05, 0) is 26.0 Å². The average molecular weight is 295 g/mol. The molecule has 1 aromatic carbocycles. The van der Waals surface area contributed by atoms with Crippen molar-refractivity contribution in [3.05, 3.63) is 30.1 Å². The number of aryl methyl sites for hydroxylation is 1. The van der Waals surface area contributed by atoms with E-state index in [1.165, 1.54) is 6.26 Å². The molecule has 0 bridgehead atoms. The van der Waals surface area contributed by atoms with Crippen molar-refractivity contribution in [3.63, 3.8) is 0 Å². The van der Waals surface area contributed by atoms with Crippen LogP contribution in [0.1, 0.15) is 25.7 Å². The first-order valence-corrected chi connectivity index (χ1v) is 8.69. The molecular weight excluding hydrogens is 274 g/mol. The quantitative estimate of drug-likeness (QED) is 0.911. The third kappa shape index (κ3) is 3.37. The van der Waals surface area contributed by atoms with Crippen molar-refractivity contribution in [2.45, 2.75) is 25.9 Å². The van der Waals surface area contributed by atoms with Crippen LogP contribution in [0.15, 0.2) is 24.3 Å². The summed E-state index contributed by atoms with van der Waals surface area (Å²) in [6.45, 7) is 3.88. The van der Waals surface area contributed by atoms with Crippen LogP contribution in [0.3, 0.4) is 0 Å². The second-order valence-electron chi connectivity index (χ2n) is 5.40. The number of nitrogens with zero attached hydrogens (tertiary/aromatic N) is 2. The Labute approximate surface area is 119 Å². The molecule has 6 heteroatoms. The van der Waals surface area contributed by atoms with Gasteiger partial charge in [-0.25, -0.2) is 13.4 Å². The van der Waals surface area contributed by atoms with Crippen molar-refractivity contribution in [1.29, 1.82) is 0 Å². The number of hydrogen-bond acceptors (Lipinski definition) is 4. The summed E-state index contributed by atoms with van der Waals surface area (Å²) in [5.74, 6) is 1.04. The zero-order valence-corrected chi connectivity index (χ0v) is 13.1. The topological polar surface area (TPSA) is 64.0 Å². The van der Waals surface area contributed by atoms with E-state index in [2.05, 4.69) is 10.3 Å². The number of sulfone groups is 1. The smallest absolute Gasteiger partial charge is 0.148 e. The highest BCUT2D eigenvalue weighted by atomic mass is 32.2. The van der Waals surface area contributed by atoms with Crippen LogP contribution in [0, 0.1) is 0 Å². The zero-order chi connectivity index (χ0) is 14.9. The summed E-state index contributed by atoms with van der Waals surface area (Å²) in [5, 5.41) is 3.29. The number of benzene rings is 1. The lowest BCUT2D eigenvalue weighted by molar-refractivity contribution is 0.476. The van der Waals surface area contributed by atoms with E-state index in [0.717, 1.165) is 16.9 Å². The van der Waals surface area contributed by atoms with Gasteiger partial charge in [-0.3, -0.25) is 0 Å². The van der Waals surface area contributed by atoms with Crippen LogP contribution in [-0.4, -0.2) is 36.0 Å². The lowest BCUT2D eigenvalue weighted by atomic mass is 10.2. The number of imidazole rings is 1. The maximum absolute atomic E-state index is 11.3. The summed E-state index contributed by atoms with van der Waals surface area (Å²) in [6.07, 6.45) is 1.25. The van der Waals surface area contributed by atoms with Gasteiger partial charge < -0.3 is 9.88 Å². The first kappa shape index (κ1) is 15.0. The number of nitrogens with one attached hydrogen (secondary N) is 1. The number of rotatable bonds is 5. The molecule has 0 aliphatic heterocycles. The van der Waals surface area contributed by atoms with E-state index >= 15 is 0 Å². The number of para-hydroxylation sites is 2. The Balaban J connectivity index is 2.19. The Hall–Kier alpha value is -1.40. The largest absolute Gasteiger partial charge is 0.330 e. The summed E-state index contributed by atoms with van der Waals surface area (Å²) in [4.78, 5) is 4.61. The van der Waals surface area contributed by atoms with Gasteiger partial charge in [0.05, 0.1) is 22.8 Å². The van der Waals surface area contributed by atoms with Crippen LogP contribution in [0.2, 0.25) is 0 Å². The fraction of sp³-hybridized carbons (Fsp3) is 0.500. The molecule has 0 saturated carbocycles. The van der Waals surface area contributed by atoms with Gasteiger partial charge in [0.2, 0.25) is 0 Å². The SMILES string of the molecule is CC(CS(C)(=O)=O)NC(C)c1nc2ccccc2n1C. The van der Waals surface area contributed by atoms with Gasteiger partial charge in [0, 0.05) is 19.3 Å². The minimum absolute atomic E-state index is 0.0100. The maximum Gasteiger partial charge on any atom is 0.148 e. The maximum atomic E-state index is 11.3. The molecule has 20 heavy (non-hydrogen) atoms. The van der Waals surface area contributed by atoms with Crippen LogP contribution < -0.4 is 5.32 Å². The second-order valence-corrected chi connectivity index (χ2v) is 7.58. The van der Waals surface area contributed by atoms with Crippen LogP contribution in [0.4, 0.5) is 0 Å². The third-order valence-electron chi connectivity index (χ3n) is 3.30. The normalized spacial score (nSPS) is 15.4. The number of hydrogen-bond donors (Lipinski definition) is 1. The monoisotopic (exact) mass is 295 g/mol. The Morgan fingerprint density at radius 3 is 2.55 bits per heavy atom. The minimum atomic E-state index is -2.98. The molecule has 110 valence electrons. The van der Waals surface area contributed by atoms with Crippen molar-refractivity contribution in [2.75, 3.05) is 12.0 Å². The van der Waals surface area contributed by atoms with Crippen molar-refractivity contribution >= 4 is 20.9 Å². The van der Waals surface area contributed by atoms with Crippen LogP contribution >= 0.6 is 0 Å². The first-order chi connectivity index (χ1) is 9.28. The van der Waals surface area contributed by atoms with Crippen molar-refractivity contribution in [3.8, 4) is 0 Å². The molecule has 0 aliphatic rings. The van der Waals surface area contributed by atoms with Crippen molar-refractivity contribution in [2.24, 2.45) is 7.05 Å². The molecule has 5 nitrogen and oxygen atoms in total. The van der Waals surface area contributed by atoms with Gasteiger partial charge in [0.25, 0.3) is 0 Å². The van der Waals surface area contributed by atoms with Crippen molar-refractivity contribution in [1.82, 2.24) is 14.9 Å². The number of fused-ring (bicyclic) bond motifs is 1. The first-order valence-electron chi connectivity index (χ1n) is 6.63. The molecule has 2 rings (SSSR count). The molecule has 0 spiro atoms. The van der Waals surface area contributed by atoms with Crippen LogP contribution in [0.5, 0.6) is 0 Å². The van der Waals surface area contributed by atoms with Gasteiger partial charge in [-0.2, -0.15) is 0 Å². The fourth-order valence-corrected chi connectivity index (χ4v) is 3.56. The molecule has 1 heterocycles. The Morgan fingerprint density at radius 1 is 1.30 bits per heavy atom. The summed E-state index contributed by atoms with van der Waals surface area (Å²) in [7, 11) is -0.999. The van der Waals surface area contributed by atoms with Gasteiger partial charge in [-0.15, -0.1) is 0 Å². The zero-order valence-electron chi connectivity index (χ0n) is 12.3. The molecule has 1 aromatic heterocycles. The van der Waals surface area contributed by atoms with E-state index in [1.807, 2.05) is 49.7 Å². The summed E-state index contributed by atoms with van der Waals surface area (Å²) >= 11 is 0. The molecule has 0 saturated heterocycles. The summed E-state index contributed by atoms with van der Waals surface area (Å²) in [6, 6.07) is 7.83. The lowest BCUT2D eigenvalue weighted by Gasteiger charge is -2.19. The van der Waals surface area contributed by atoms with Crippen LogP contribution in [0.25, 0.3) is 11.0 Å². The summed E-state index contributed by atoms with van der Waals surface area (Å²) < 4.78 is 24.7. The van der Waals surface area contributed by atoms with E-state index in [-0.39, 0.29) is 17.8 Å². The molecule has 0 amide bonds. The van der Waals surface area contributed by atoms with Crippen molar-refractivity contribution < 1.29 is 8.42 Å². The van der Waals surface area contributed by atoms with Gasteiger partial charge in [0.15, 0.2) is 0 Å². The molecule has 1 N–H and O–H groups in total. The minimum Gasteiger partial charge on any atom is -0.330 e. The summed E-state index contributed by atoms with van der Waals surface area (Å²) in [5.41, 5.74) is 2.03. The molecule has 2 aromatic rings. The van der Waals surface area contributed by atoms with Gasteiger partial charge >= 0.3 is 0 Å². The molecule has 2 unspecified atom stereocenters. The molecule has 2 atom stereocenters. The van der Waals surface area contributed by atoms with Crippen LogP contribution in [-0.2, 0) is 16.9 Å². The van der Waals surface area contributed by atoms with E-state index in [0.29, 0.717) is 0 Å². The van der Waals surface area contributed by atoms with E-state index < -0.39 is 9.84 Å². The standard InChI is InChI=1S/C14H21N3O2S/c1-10(9-20(4,18)19)15-11(2)14-16-12-7-5-6-8-13(12)17(14)3/h5-8,10-11,15H,9H2,1-4H3. The molecule has 0 aliphatic carbocycles. The molecular formula is C14H21N3O2S. The molecule has 0 radical (unpaired) electrons. The Bertz CT molecular complexity index is 706. The lowest BCUT2D eigenvalue weighted by Crippen LogP contribution is -2.35. The average Bonchev–Trinajstić information content (AvgIpc) is 2.65. The highest BCUT2D eigenvalue weighted by molar-refractivity contribution is 7.90. The van der Waals surface area contributed by atoms with Gasteiger partial charge in [0.1, 0.15) is 15.7 Å². The number of aromatic nitrogens is 2. The van der Waals surface area contributed by atoms with Gasteiger partial charge in [-0.1, -0.05) is 12.1 Å².